The lowest BCUT2D eigenvalue weighted by Crippen LogP contribution is -1.99. The van der Waals surface area contributed by atoms with Gasteiger partial charge >= 0.3 is 0 Å². The van der Waals surface area contributed by atoms with Crippen molar-refractivity contribution in [2.24, 2.45) is 5.41 Å². The lowest BCUT2D eigenvalue weighted by molar-refractivity contribution is 0.343. The van der Waals surface area contributed by atoms with Crippen LogP contribution in [0.25, 0.3) is 12.2 Å². The second-order valence-electron chi connectivity index (χ2n) is 3.47. The molecular formula is C9H11NO. The number of aromatic nitrogens is 1. The second-order valence-corrected chi connectivity index (χ2v) is 3.47. The molecule has 1 aliphatic rings. The first-order chi connectivity index (χ1) is 5.17. The minimum atomic E-state index is 0.141. The lowest BCUT2D eigenvalue weighted by atomic mass is 9.93. The molecule has 1 aliphatic carbocycles. The van der Waals surface area contributed by atoms with E-state index < -0.39 is 0 Å². The molecule has 0 aromatic carbocycles. The summed E-state index contributed by atoms with van der Waals surface area (Å²) in [6, 6.07) is 0. The van der Waals surface area contributed by atoms with Gasteiger partial charge in [-0.2, -0.15) is 0 Å². The van der Waals surface area contributed by atoms with E-state index in [4.69, 9.17) is 4.52 Å². The van der Waals surface area contributed by atoms with Crippen LogP contribution in [0.15, 0.2) is 16.7 Å². The van der Waals surface area contributed by atoms with Gasteiger partial charge in [0.1, 0.15) is 5.69 Å². The summed E-state index contributed by atoms with van der Waals surface area (Å²) in [5.41, 5.74) is 1.22. The summed E-state index contributed by atoms with van der Waals surface area (Å²) in [5, 5.41) is 2.77. The van der Waals surface area contributed by atoms with Crippen molar-refractivity contribution >= 4 is 12.2 Å². The predicted molar refractivity (Wildman–Crippen MR) is 44.9 cm³/mol. The highest BCUT2D eigenvalue weighted by molar-refractivity contribution is 5.62. The highest BCUT2D eigenvalue weighted by Crippen LogP contribution is 2.27. The van der Waals surface area contributed by atoms with Gasteiger partial charge in [0, 0.05) is 5.41 Å². The van der Waals surface area contributed by atoms with Crippen LogP contribution in [0.4, 0.5) is 0 Å². The molecule has 0 saturated heterocycles. The zero-order chi connectivity index (χ0) is 7.90. The molecule has 0 fully saturated rings. The van der Waals surface area contributed by atoms with Crippen molar-refractivity contribution in [1.82, 2.24) is 5.16 Å². The molecule has 1 heterocycles. The molecule has 0 bridgehead atoms. The maximum atomic E-state index is 5.00. The summed E-state index contributed by atoms with van der Waals surface area (Å²) >= 11 is 0. The topological polar surface area (TPSA) is 28.9 Å². The van der Waals surface area contributed by atoms with Crippen molar-refractivity contribution in [3.05, 3.63) is 23.6 Å². The third kappa shape index (κ3) is 1.04. The zero-order valence-electron chi connectivity index (χ0n) is 6.72. The molecule has 2 nitrogen and oxygen atoms in total. The quantitative estimate of drug-likeness (QED) is 0.603. The van der Waals surface area contributed by atoms with E-state index in [1.54, 1.807) is 0 Å². The average molecular weight is 149 g/mol. The van der Waals surface area contributed by atoms with Crippen LogP contribution in [0.3, 0.4) is 0 Å². The van der Waals surface area contributed by atoms with Crippen molar-refractivity contribution in [1.29, 1.82) is 0 Å². The number of nitrogens with one attached hydrogen (secondary N) is 1. The average Bonchev–Trinajstić information content (AvgIpc) is 1.91. The summed E-state index contributed by atoms with van der Waals surface area (Å²) in [6.45, 7) is 4.32. The fraction of sp³-hybridized carbons (Fsp3) is 0.333. The van der Waals surface area contributed by atoms with Gasteiger partial charge < -0.3 is 4.52 Å². The third-order valence-electron chi connectivity index (χ3n) is 1.88. The van der Waals surface area contributed by atoms with Crippen LogP contribution >= 0.6 is 0 Å². The standard InChI is InChI=1S/C9H11NO/c1-9(2)5-3-7-8(4-6-9)11-10-7/h3-6,10H,1-2H3. The Bertz CT molecular complexity index is 282. The number of hydrogen-bond acceptors (Lipinski definition) is 1. The largest absolute Gasteiger partial charge is 0.380 e. The van der Waals surface area contributed by atoms with Crippen LogP contribution in [-0.4, -0.2) is 5.16 Å². The summed E-state index contributed by atoms with van der Waals surface area (Å²) in [5.74, 6) is 0.937. The Morgan fingerprint density at radius 3 is 2.64 bits per heavy atom. The van der Waals surface area contributed by atoms with Gasteiger partial charge in [-0.25, -0.2) is 5.16 Å². The molecule has 0 radical (unpaired) electrons. The smallest absolute Gasteiger partial charge is 0.181 e. The Morgan fingerprint density at radius 2 is 2.00 bits per heavy atom. The van der Waals surface area contributed by atoms with Crippen LogP contribution in [0.2, 0.25) is 0 Å². The molecule has 0 amide bonds. The highest BCUT2D eigenvalue weighted by atomic mass is 16.5. The first-order valence-corrected chi connectivity index (χ1v) is 3.73. The third-order valence-corrected chi connectivity index (χ3v) is 1.88. The van der Waals surface area contributed by atoms with Crippen molar-refractivity contribution in [3.63, 3.8) is 0 Å². The van der Waals surface area contributed by atoms with Crippen molar-refractivity contribution < 1.29 is 4.52 Å². The minimum Gasteiger partial charge on any atom is -0.380 e. The normalized spacial score (nSPS) is 19.8. The van der Waals surface area contributed by atoms with Crippen LogP contribution in [0, 0.1) is 5.41 Å². The fourth-order valence-corrected chi connectivity index (χ4v) is 1.05. The van der Waals surface area contributed by atoms with E-state index >= 15 is 0 Å². The number of H-pyrrole nitrogens is 1. The van der Waals surface area contributed by atoms with Gasteiger partial charge in [-0.15, -0.1) is 0 Å². The predicted octanol–water partition coefficient (Wildman–Crippen LogP) is 2.67. The zero-order valence-corrected chi connectivity index (χ0v) is 6.72. The molecule has 1 aromatic heterocycles. The summed E-state index contributed by atoms with van der Waals surface area (Å²) in [7, 11) is 0. The summed E-state index contributed by atoms with van der Waals surface area (Å²) in [6.07, 6.45) is 8.35. The molecule has 0 aliphatic heterocycles. The van der Waals surface area contributed by atoms with Crippen molar-refractivity contribution in [2.45, 2.75) is 13.8 Å². The van der Waals surface area contributed by atoms with E-state index in [2.05, 4.69) is 37.2 Å². The molecule has 11 heavy (non-hydrogen) atoms. The first-order valence-electron chi connectivity index (χ1n) is 3.73. The Kier molecular flexibility index (Phi) is 1.13. The Balaban J connectivity index is 2.42. The van der Waals surface area contributed by atoms with E-state index in [1.807, 2.05) is 6.08 Å². The summed E-state index contributed by atoms with van der Waals surface area (Å²) < 4.78 is 5.00. The van der Waals surface area contributed by atoms with Crippen LogP contribution in [-0.2, 0) is 0 Å². The van der Waals surface area contributed by atoms with Gasteiger partial charge in [0.15, 0.2) is 5.76 Å². The van der Waals surface area contributed by atoms with Gasteiger partial charge in [0.05, 0.1) is 0 Å². The molecule has 1 aromatic rings. The Labute approximate surface area is 65.6 Å². The number of fused-ring (bicyclic) bond motifs is 1. The molecule has 58 valence electrons. The van der Waals surface area contributed by atoms with Crippen LogP contribution in [0.1, 0.15) is 25.3 Å². The molecule has 0 saturated carbocycles. The van der Waals surface area contributed by atoms with Crippen LogP contribution in [0.5, 0.6) is 0 Å². The van der Waals surface area contributed by atoms with E-state index in [9.17, 15) is 0 Å². The van der Waals surface area contributed by atoms with Crippen molar-refractivity contribution in [3.8, 4) is 0 Å². The van der Waals surface area contributed by atoms with Crippen molar-refractivity contribution in [2.75, 3.05) is 0 Å². The molecule has 2 rings (SSSR count). The molecule has 0 unspecified atom stereocenters. The van der Waals surface area contributed by atoms with Gasteiger partial charge in [-0.3, -0.25) is 0 Å². The maximum absolute atomic E-state index is 5.00. The number of allylic oxidation sites excluding steroid dienone is 2. The van der Waals surface area contributed by atoms with Gasteiger partial charge in [0.25, 0.3) is 0 Å². The van der Waals surface area contributed by atoms with E-state index in [-0.39, 0.29) is 5.41 Å². The minimum absolute atomic E-state index is 0.141. The maximum Gasteiger partial charge on any atom is 0.181 e. The molecule has 1 N–H and O–H groups in total. The highest BCUT2D eigenvalue weighted by Gasteiger charge is 2.15. The van der Waals surface area contributed by atoms with Gasteiger partial charge in [0.2, 0.25) is 0 Å². The monoisotopic (exact) mass is 149 g/mol. The Hall–Kier alpha value is -1.18. The van der Waals surface area contributed by atoms with E-state index in [0.717, 1.165) is 11.5 Å². The molecule has 0 atom stereocenters. The molecular weight excluding hydrogens is 138 g/mol. The fourth-order valence-electron chi connectivity index (χ4n) is 1.05. The van der Waals surface area contributed by atoms with E-state index in [1.165, 1.54) is 0 Å². The first kappa shape index (κ1) is 6.53. The number of aromatic amines is 1. The van der Waals surface area contributed by atoms with Crippen LogP contribution < -0.4 is 0 Å². The molecule has 0 spiro atoms. The van der Waals surface area contributed by atoms with Gasteiger partial charge in [-0.1, -0.05) is 26.0 Å². The van der Waals surface area contributed by atoms with E-state index in [0.29, 0.717) is 0 Å². The molecule has 2 heteroatoms. The number of rotatable bonds is 0. The Morgan fingerprint density at radius 1 is 1.27 bits per heavy atom. The SMILES string of the molecule is CC1(C)C=Cc2[nH]oc2C=C1. The number of hydrogen-bond donors (Lipinski definition) is 1. The van der Waals surface area contributed by atoms with Gasteiger partial charge in [-0.05, 0) is 12.2 Å². The summed E-state index contributed by atoms with van der Waals surface area (Å²) in [4.78, 5) is 0. The second kappa shape index (κ2) is 1.91. The lowest BCUT2D eigenvalue weighted by Gasteiger charge is -2.11.